The number of aliphatic imine (C=N–C) groups is 2. The summed E-state index contributed by atoms with van der Waals surface area (Å²) < 4.78 is 0. The predicted octanol–water partition coefficient (Wildman–Crippen LogP) is 12.0. The molecule has 0 aromatic heterocycles. The normalized spacial score (nSPS) is 13.0. The van der Waals surface area contributed by atoms with E-state index in [4.69, 9.17) is 9.98 Å². The second kappa shape index (κ2) is 16.4. The second-order valence-corrected chi connectivity index (χ2v) is 16.5. The van der Waals surface area contributed by atoms with Gasteiger partial charge in [-0.25, -0.2) is 0 Å². The first kappa shape index (κ1) is 34.3. The minimum absolute atomic E-state index is 0.273. The van der Waals surface area contributed by atoms with E-state index in [0.717, 1.165) is 22.8 Å². The van der Waals surface area contributed by atoms with Crippen LogP contribution in [0.5, 0.6) is 0 Å². The summed E-state index contributed by atoms with van der Waals surface area (Å²) in [5.41, 5.74) is 9.78. The van der Waals surface area contributed by atoms with E-state index >= 15 is 0 Å². The van der Waals surface area contributed by atoms with Crippen molar-refractivity contribution in [3.8, 4) is 0 Å². The molecule has 0 fully saturated rings. The van der Waals surface area contributed by atoms with Crippen molar-refractivity contribution in [3.63, 3.8) is 0 Å². The van der Waals surface area contributed by atoms with Gasteiger partial charge in [0.1, 0.15) is 0 Å². The fraction of sp³-hybridized carbons (Fsp3) is 0.562. The van der Waals surface area contributed by atoms with Crippen molar-refractivity contribution >= 4 is 51.2 Å². The van der Waals surface area contributed by atoms with E-state index < -0.39 is 0 Å². The number of rotatable bonds is 9. The van der Waals surface area contributed by atoms with Crippen molar-refractivity contribution in [1.29, 1.82) is 0 Å². The molecular formula is C32H48Br2N2Ni. The van der Waals surface area contributed by atoms with Gasteiger partial charge in [0.15, 0.2) is 0 Å². The van der Waals surface area contributed by atoms with E-state index in [1.165, 1.54) is 33.2 Å². The van der Waals surface area contributed by atoms with Crippen LogP contribution in [-0.2, 0) is 10.9 Å². The van der Waals surface area contributed by atoms with Crippen LogP contribution in [-0.4, -0.2) is 11.4 Å². The molecular weight excluding hydrogens is 631 g/mol. The van der Waals surface area contributed by atoms with Gasteiger partial charge in [0.25, 0.3) is 0 Å². The van der Waals surface area contributed by atoms with Gasteiger partial charge in [-0.2, -0.15) is 0 Å². The molecule has 0 saturated heterocycles. The fourth-order valence-electron chi connectivity index (χ4n) is 4.49. The van der Waals surface area contributed by atoms with E-state index in [-0.39, 0.29) is 11.8 Å². The van der Waals surface area contributed by atoms with Gasteiger partial charge in [-0.05, 0) is 57.8 Å². The number of para-hydroxylation sites is 2. The molecule has 0 radical (unpaired) electrons. The molecule has 0 spiro atoms. The van der Waals surface area contributed by atoms with Crippen molar-refractivity contribution in [2.45, 2.75) is 107 Å². The number of halogens is 2. The fourth-order valence-corrected chi connectivity index (χ4v) is 4.49. The standard InChI is InChI=1S/C32H48N2.2BrH.Ni/c1-19(2)25-15-13-16-26(20(3)4)31(25)33-29(23(9)10)30(24(11)12)34-32-27(21(5)6)17-14-18-28(32)22(7)8;;;/h13-24H,1-12H3;2*1H;/q;;;+2/p-2. The summed E-state index contributed by atoms with van der Waals surface area (Å²) >= 11 is 6.00. The van der Waals surface area contributed by atoms with Gasteiger partial charge >= 0.3 is 39.3 Å². The summed E-state index contributed by atoms with van der Waals surface area (Å²) in [6, 6.07) is 13.3. The third kappa shape index (κ3) is 9.73. The molecule has 0 saturated carbocycles. The molecule has 0 heterocycles. The molecule has 0 amide bonds. The second-order valence-electron chi connectivity index (χ2n) is 11.5. The summed E-state index contributed by atoms with van der Waals surface area (Å²) in [5.74, 6) is 2.21. The Bertz CT molecular complexity index is 915. The molecule has 5 heteroatoms. The van der Waals surface area contributed by atoms with E-state index in [1.807, 2.05) is 0 Å². The molecule has 2 nitrogen and oxygen atoms in total. The molecule has 0 atom stereocenters. The van der Waals surface area contributed by atoms with E-state index in [2.05, 4.69) is 148 Å². The van der Waals surface area contributed by atoms with Crippen LogP contribution in [0.3, 0.4) is 0 Å². The Balaban J connectivity index is 0.00000217. The van der Waals surface area contributed by atoms with Crippen LogP contribution in [0.4, 0.5) is 11.4 Å². The molecule has 2 aromatic carbocycles. The average molecular weight is 679 g/mol. The van der Waals surface area contributed by atoms with Crippen LogP contribution >= 0.6 is 28.5 Å². The third-order valence-electron chi connectivity index (χ3n) is 6.51. The maximum absolute atomic E-state index is 5.45. The first-order valence-corrected chi connectivity index (χ1v) is 18.4. The van der Waals surface area contributed by atoms with Gasteiger partial charge in [0, 0.05) is 0 Å². The van der Waals surface area contributed by atoms with Gasteiger partial charge in [-0.15, -0.1) is 0 Å². The summed E-state index contributed by atoms with van der Waals surface area (Å²) in [7, 11) is 1.25. The van der Waals surface area contributed by atoms with Crippen LogP contribution in [0.15, 0.2) is 46.4 Å². The van der Waals surface area contributed by atoms with Crippen molar-refractivity contribution < 1.29 is 10.9 Å². The van der Waals surface area contributed by atoms with Crippen LogP contribution in [0.25, 0.3) is 0 Å². The Labute approximate surface area is 248 Å². The maximum atomic E-state index is 5.45. The first-order chi connectivity index (χ1) is 17.3. The van der Waals surface area contributed by atoms with Gasteiger partial charge in [-0.3, -0.25) is 9.98 Å². The SMILES string of the molecule is CC(C)C(=Nc1c(C(C)C)cccc1C(C)C)C(=Nc1c(C(C)C)cccc1C(C)C)C(C)C.[Br][Ni][Br]. The average Bonchev–Trinajstić information content (AvgIpc) is 2.80. The number of benzene rings is 2. The number of hydrogen-bond donors (Lipinski definition) is 0. The van der Waals surface area contributed by atoms with Crippen molar-refractivity contribution in [2.75, 3.05) is 0 Å². The van der Waals surface area contributed by atoms with Crippen LogP contribution in [0.2, 0.25) is 0 Å². The molecule has 0 bridgehead atoms. The molecule has 0 N–H and O–H groups in total. The topological polar surface area (TPSA) is 24.7 Å². The third-order valence-corrected chi connectivity index (χ3v) is 6.51. The van der Waals surface area contributed by atoms with Gasteiger partial charge in [0.05, 0.1) is 22.8 Å². The monoisotopic (exact) mass is 676 g/mol. The number of hydrogen-bond acceptors (Lipinski definition) is 2. The zero-order valence-electron chi connectivity index (χ0n) is 24.9. The Hall–Kier alpha value is -0.766. The quantitative estimate of drug-likeness (QED) is 0.186. The zero-order chi connectivity index (χ0) is 28.4. The zero-order valence-corrected chi connectivity index (χ0v) is 29.1. The van der Waals surface area contributed by atoms with E-state index in [9.17, 15) is 0 Å². The molecule has 0 aliphatic rings. The van der Waals surface area contributed by atoms with Gasteiger partial charge in [0.2, 0.25) is 0 Å². The van der Waals surface area contributed by atoms with Crippen molar-refractivity contribution in [2.24, 2.45) is 21.8 Å². The van der Waals surface area contributed by atoms with Crippen molar-refractivity contribution in [1.82, 2.24) is 0 Å². The molecule has 0 aliphatic heterocycles. The predicted molar refractivity (Wildman–Crippen MR) is 171 cm³/mol. The van der Waals surface area contributed by atoms with Crippen LogP contribution in [0, 0.1) is 11.8 Å². The molecule has 2 aromatic rings. The van der Waals surface area contributed by atoms with Crippen molar-refractivity contribution in [3.05, 3.63) is 58.7 Å². The molecule has 210 valence electrons. The van der Waals surface area contributed by atoms with Gasteiger partial charge < -0.3 is 0 Å². The molecule has 37 heavy (non-hydrogen) atoms. The number of nitrogens with zero attached hydrogens (tertiary/aromatic N) is 2. The van der Waals surface area contributed by atoms with E-state index in [0.29, 0.717) is 23.7 Å². The summed E-state index contributed by atoms with van der Waals surface area (Å²) in [6.07, 6.45) is 0. The Morgan fingerprint density at radius 2 is 0.730 bits per heavy atom. The summed E-state index contributed by atoms with van der Waals surface area (Å²) in [4.78, 5) is 10.9. The Kier molecular flexibility index (Phi) is 15.2. The Morgan fingerprint density at radius 3 is 0.892 bits per heavy atom. The molecule has 0 aliphatic carbocycles. The van der Waals surface area contributed by atoms with Gasteiger partial charge in [-0.1, -0.05) is 119 Å². The summed E-state index contributed by atoms with van der Waals surface area (Å²) in [6.45, 7) is 27.1. The summed E-state index contributed by atoms with van der Waals surface area (Å²) in [5, 5.41) is 0. The van der Waals surface area contributed by atoms with Crippen LogP contribution in [0.1, 0.15) is 129 Å². The van der Waals surface area contributed by atoms with E-state index in [1.54, 1.807) is 0 Å². The molecule has 2 rings (SSSR count). The minimum atomic E-state index is 0.273. The molecule has 0 unspecified atom stereocenters. The van der Waals surface area contributed by atoms with Crippen LogP contribution < -0.4 is 0 Å². The Morgan fingerprint density at radius 1 is 0.514 bits per heavy atom. The first-order valence-electron chi connectivity index (χ1n) is 13.5.